The van der Waals surface area contributed by atoms with E-state index in [2.05, 4.69) is 4.90 Å². The lowest BCUT2D eigenvalue weighted by molar-refractivity contribution is 0.521. The van der Waals surface area contributed by atoms with Gasteiger partial charge in [-0.25, -0.2) is 0 Å². The topological polar surface area (TPSA) is 55.0 Å². The van der Waals surface area contributed by atoms with Gasteiger partial charge in [-0.1, -0.05) is 0 Å². The molecule has 0 aliphatic carbocycles. The Morgan fingerprint density at radius 1 is 1.71 bits per heavy atom. The van der Waals surface area contributed by atoms with Gasteiger partial charge in [0.25, 0.3) is 0 Å². The van der Waals surface area contributed by atoms with E-state index in [1.807, 2.05) is 0 Å². The van der Waals surface area contributed by atoms with Crippen LogP contribution in [0.15, 0.2) is 0 Å². The van der Waals surface area contributed by atoms with Crippen molar-refractivity contribution in [2.24, 2.45) is 11.5 Å². The van der Waals surface area contributed by atoms with Crippen molar-refractivity contribution in [1.82, 2.24) is 4.90 Å². The lowest BCUT2D eigenvalue weighted by Crippen LogP contribution is -2.17. The predicted molar refractivity (Wildman–Crippen MR) is 28.6 cm³/mol. The van der Waals surface area contributed by atoms with Gasteiger partial charge in [-0.05, 0) is 0 Å². The highest BCUT2D eigenvalue weighted by atomic mass is 15.4. The number of hydrogen-bond acceptors (Lipinski definition) is 3. The number of rotatable bonds is 2. The zero-order valence-electron chi connectivity index (χ0n) is 4.30. The summed E-state index contributed by atoms with van der Waals surface area (Å²) in [5.41, 5.74) is 10.7. The van der Waals surface area contributed by atoms with Crippen molar-refractivity contribution in [3.05, 3.63) is 0 Å². The maximum Gasteiger partial charge on any atom is 0.0705 e. The highest BCUT2D eigenvalue weighted by molar-refractivity contribution is 4.82. The number of hydrogen-bond donors (Lipinski definition) is 2. The summed E-state index contributed by atoms with van der Waals surface area (Å²) in [5.74, 6) is 0. The molecule has 0 amide bonds. The van der Waals surface area contributed by atoms with Crippen LogP contribution in [0.3, 0.4) is 0 Å². The molecule has 2 atom stereocenters. The molecule has 0 saturated carbocycles. The van der Waals surface area contributed by atoms with Gasteiger partial charge in [0.1, 0.15) is 0 Å². The molecule has 1 rings (SSSR count). The molecule has 0 radical (unpaired) electrons. The average molecular weight is 101 g/mol. The van der Waals surface area contributed by atoms with E-state index >= 15 is 0 Å². The first-order chi connectivity index (χ1) is 3.34. The van der Waals surface area contributed by atoms with Gasteiger partial charge >= 0.3 is 0 Å². The molecule has 1 saturated heterocycles. The van der Waals surface area contributed by atoms with Crippen molar-refractivity contribution in [1.29, 1.82) is 0 Å². The lowest BCUT2D eigenvalue weighted by atomic mass is 10.7. The zero-order chi connectivity index (χ0) is 5.28. The third-order valence-electron chi connectivity index (χ3n) is 1.17. The van der Waals surface area contributed by atoms with E-state index in [1.54, 1.807) is 0 Å². The van der Waals surface area contributed by atoms with Crippen LogP contribution in [0.5, 0.6) is 0 Å². The Morgan fingerprint density at radius 3 is 2.43 bits per heavy atom. The molecule has 2 unspecified atom stereocenters. The molecular formula is C4H11N3. The molecule has 0 aromatic heterocycles. The van der Waals surface area contributed by atoms with Crippen LogP contribution in [0.4, 0.5) is 0 Å². The maximum atomic E-state index is 5.42. The molecular weight excluding hydrogens is 90.1 g/mol. The molecule has 0 spiro atoms. The van der Waals surface area contributed by atoms with Crippen LogP contribution in [-0.4, -0.2) is 30.7 Å². The Morgan fingerprint density at radius 2 is 2.29 bits per heavy atom. The van der Waals surface area contributed by atoms with Crippen LogP contribution in [-0.2, 0) is 0 Å². The number of nitrogens with two attached hydrogens (primary N) is 2. The molecule has 0 aromatic rings. The van der Waals surface area contributed by atoms with E-state index in [1.165, 1.54) is 0 Å². The summed E-state index contributed by atoms with van der Waals surface area (Å²) in [6.45, 7) is 2.73. The Bertz CT molecular complexity index is 64.0. The van der Waals surface area contributed by atoms with Crippen molar-refractivity contribution < 1.29 is 0 Å². The van der Waals surface area contributed by atoms with E-state index in [0.29, 0.717) is 6.17 Å². The van der Waals surface area contributed by atoms with Crippen molar-refractivity contribution >= 4 is 0 Å². The third kappa shape index (κ3) is 1.12. The summed E-state index contributed by atoms with van der Waals surface area (Å²) < 4.78 is 0. The van der Waals surface area contributed by atoms with Gasteiger partial charge in [-0.15, -0.1) is 0 Å². The van der Waals surface area contributed by atoms with Crippen LogP contribution in [0.25, 0.3) is 0 Å². The molecule has 0 bridgehead atoms. The van der Waals surface area contributed by atoms with Crippen LogP contribution < -0.4 is 11.5 Å². The van der Waals surface area contributed by atoms with Gasteiger partial charge in [0.05, 0.1) is 6.17 Å². The molecule has 1 aliphatic rings. The molecule has 1 heterocycles. The summed E-state index contributed by atoms with van der Waals surface area (Å²) in [7, 11) is 0. The minimum Gasteiger partial charge on any atom is -0.329 e. The monoisotopic (exact) mass is 101 g/mol. The smallest absolute Gasteiger partial charge is 0.0705 e. The fraction of sp³-hybridized carbons (Fsp3) is 1.00. The summed E-state index contributed by atoms with van der Waals surface area (Å²) in [4.78, 5) is 2.12. The molecule has 1 aliphatic heterocycles. The number of nitrogens with zero attached hydrogens (tertiary/aromatic N) is 1. The Kier molecular flexibility index (Phi) is 1.27. The van der Waals surface area contributed by atoms with Crippen molar-refractivity contribution in [2.75, 3.05) is 19.6 Å². The lowest BCUT2D eigenvalue weighted by Gasteiger charge is -1.92. The normalized spacial score (nSPS) is 38.6. The first-order valence-electron chi connectivity index (χ1n) is 2.54. The summed E-state index contributed by atoms with van der Waals surface area (Å²) in [5, 5.41) is 0. The van der Waals surface area contributed by atoms with Crippen molar-refractivity contribution in [2.45, 2.75) is 6.17 Å². The second-order valence-corrected chi connectivity index (χ2v) is 1.85. The highest BCUT2D eigenvalue weighted by Gasteiger charge is 2.27. The molecule has 1 fully saturated rings. The minimum absolute atomic E-state index is 0.323. The van der Waals surface area contributed by atoms with Gasteiger partial charge < -0.3 is 11.5 Å². The molecule has 0 aromatic carbocycles. The fourth-order valence-electron chi connectivity index (χ4n) is 0.616. The minimum atomic E-state index is 0.323. The van der Waals surface area contributed by atoms with E-state index < -0.39 is 0 Å². The maximum absolute atomic E-state index is 5.42. The van der Waals surface area contributed by atoms with E-state index in [0.717, 1.165) is 19.6 Å². The van der Waals surface area contributed by atoms with Gasteiger partial charge in [-0.3, -0.25) is 4.90 Å². The first kappa shape index (κ1) is 5.03. The average Bonchev–Trinajstić information content (AvgIpc) is 2.22. The van der Waals surface area contributed by atoms with Gasteiger partial charge in [-0.2, -0.15) is 0 Å². The van der Waals surface area contributed by atoms with Crippen LogP contribution in [0.1, 0.15) is 0 Å². The third-order valence-corrected chi connectivity index (χ3v) is 1.17. The fourth-order valence-corrected chi connectivity index (χ4v) is 0.616. The van der Waals surface area contributed by atoms with Gasteiger partial charge in [0, 0.05) is 19.6 Å². The molecule has 3 heteroatoms. The Labute approximate surface area is 43.3 Å². The quantitative estimate of drug-likeness (QED) is 0.418. The van der Waals surface area contributed by atoms with Crippen molar-refractivity contribution in [3.8, 4) is 0 Å². The van der Waals surface area contributed by atoms with E-state index in [9.17, 15) is 0 Å². The largest absolute Gasteiger partial charge is 0.329 e. The Hall–Kier alpha value is -0.120. The van der Waals surface area contributed by atoms with Crippen LogP contribution in [0.2, 0.25) is 0 Å². The van der Waals surface area contributed by atoms with Gasteiger partial charge in [0.2, 0.25) is 0 Å². The molecule has 4 N–H and O–H groups in total. The van der Waals surface area contributed by atoms with Gasteiger partial charge in [0.15, 0.2) is 0 Å². The molecule has 3 nitrogen and oxygen atoms in total. The van der Waals surface area contributed by atoms with E-state index in [-0.39, 0.29) is 0 Å². The molecule has 42 valence electrons. The zero-order valence-corrected chi connectivity index (χ0v) is 4.30. The predicted octanol–water partition coefficient (Wildman–Crippen LogP) is -1.45. The standard InChI is InChI=1S/C4H11N3/c5-1-2-7-3-4(7)6/h4H,1-3,5-6H2. The van der Waals surface area contributed by atoms with Crippen LogP contribution in [0, 0.1) is 0 Å². The first-order valence-corrected chi connectivity index (χ1v) is 2.54. The summed E-state index contributed by atoms with van der Waals surface area (Å²) >= 11 is 0. The molecule has 7 heavy (non-hydrogen) atoms. The Balaban J connectivity index is 1.98. The van der Waals surface area contributed by atoms with E-state index in [4.69, 9.17) is 11.5 Å². The van der Waals surface area contributed by atoms with Crippen molar-refractivity contribution in [3.63, 3.8) is 0 Å². The summed E-state index contributed by atoms with van der Waals surface area (Å²) in [6.07, 6.45) is 0.323. The summed E-state index contributed by atoms with van der Waals surface area (Å²) in [6, 6.07) is 0. The second kappa shape index (κ2) is 1.78. The second-order valence-electron chi connectivity index (χ2n) is 1.85. The highest BCUT2D eigenvalue weighted by Crippen LogP contribution is 2.07. The SMILES string of the molecule is NCCN1CC1N. The van der Waals surface area contributed by atoms with Crippen LogP contribution >= 0.6 is 0 Å².